The number of para-hydroxylation sites is 2. The first-order valence-corrected chi connectivity index (χ1v) is 15.6. The molecule has 11 aromatic rings. The predicted octanol–water partition coefficient (Wildman–Crippen LogP) is 10.1. The van der Waals surface area contributed by atoms with Crippen LogP contribution in [-0.2, 0) is 0 Å². The second-order valence-electron chi connectivity index (χ2n) is 12.4. The maximum Gasteiger partial charge on any atom is 0.237 e. The third kappa shape index (κ3) is 2.60. The Hall–Kier alpha value is -6.33. The van der Waals surface area contributed by atoms with Gasteiger partial charge in [-0.3, -0.25) is 4.57 Å². The van der Waals surface area contributed by atoms with Crippen molar-refractivity contribution >= 4 is 81.7 Å². The van der Waals surface area contributed by atoms with E-state index in [1.165, 1.54) is 65.2 Å². The Morgan fingerprint density at radius 3 is 2.02 bits per heavy atom. The summed E-state index contributed by atoms with van der Waals surface area (Å²) in [5, 5.41) is 10.8. The van der Waals surface area contributed by atoms with E-state index in [-0.39, 0.29) is 0 Å². The van der Waals surface area contributed by atoms with Crippen LogP contribution in [0.3, 0.4) is 0 Å². The molecular weight excluding hydrogens is 562 g/mol. The van der Waals surface area contributed by atoms with Crippen molar-refractivity contribution in [2.24, 2.45) is 0 Å². The third-order valence-electron chi connectivity index (χ3n) is 10.2. The molecular formula is C41H21N5. The summed E-state index contributed by atoms with van der Waals surface area (Å²) in [7, 11) is 0. The zero-order valence-corrected chi connectivity index (χ0v) is 24.4. The van der Waals surface area contributed by atoms with Gasteiger partial charge in [0.25, 0.3) is 0 Å². The molecule has 0 aliphatic heterocycles. The Bertz CT molecular complexity index is 3140. The van der Waals surface area contributed by atoms with E-state index in [0.29, 0.717) is 5.95 Å². The molecule has 46 heavy (non-hydrogen) atoms. The number of hydrogen-bond donors (Lipinski definition) is 0. The van der Waals surface area contributed by atoms with Gasteiger partial charge in [0.1, 0.15) is 0 Å². The zero-order valence-electron chi connectivity index (χ0n) is 24.4. The van der Waals surface area contributed by atoms with E-state index < -0.39 is 0 Å². The molecule has 210 valence electrons. The fourth-order valence-electron chi connectivity index (χ4n) is 8.39. The SMILES string of the molecule is c1ccc2c(c1)-c1ccnc3nc(-n4c5cc6ccccc6cc5c5cc6c7ccccc7n7c8ccccc8c(c54)c67)nc-2c13. The van der Waals surface area contributed by atoms with Gasteiger partial charge in [0.2, 0.25) is 5.95 Å². The molecule has 1 aliphatic carbocycles. The Labute approximate surface area is 260 Å². The van der Waals surface area contributed by atoms with Crippen molar-refractivity contribution < 1.29 is 0 Å². The van der Waals surface area contributed by atoms with Gasteiger partial charge in [-0.15, -0.1) is 0 Å². The number of rotatable bonds is 1. The first-order chi connectivity index (χ1) is 22.8. The number of hydrogen-bond acceptors (Lipinski definition) is 3. The van der Waals surface area contributed by atoms with Gasteiger partial charge in [-0.2, -0.15) is 4.98 Å². The van der Waals surface area contributed by atoms with Gasteiger partial charge in [0.05, 0.1) is 38.7 Å². The summed E-state index contributed by atoms with van der Waals surface area (Å²) >= 11 is 0. The van der Waals surface area contributed by atoms with Crippen LogP contribution in [0.1, 0.15) is 0 Å². The largest absolute Gasteiger partial charge is 0.308 e. The summed E-state index contributed by atoms with van der Waals surface area (Å²) in [4.78, 5) is 15.5. The highest BCUT2D eigenvalue weighted by Gasteiger charge is 2.28. The van der Waals surface area contributed by atoms with Gasteiger partial charge >= 0.3 is 0 Å². The van der Waals surface area contributed by atoms with Gasteiger partial charge in [-0.25, -0.2) is 9.97 Å². The molecule has 5 nitrogen and oxygen atoms in total. The fourth-order valence-corrected chi connectivity index (χ4v) is 8.39. The van der Waals surface area contributed by atoms with Crippen molar-refractivity contribution in [1.82, 2.24) is 23.9 Å². The van der Waals surface area contributed by atoms with Crippen LogP contribution >= 0.6 is 0 Å². The smallest absolute Gasteiger partial charge is 0.237 e. The lowest BCUT2D eigenvalue weighted by molar-refractivity contribution is 1.01. The van der Waals surface area contributed by atoms with Crippen molar-refractivity contribution in [3.8, 4) is 28.3 Å². The summed E-state index contributed by atoms with van der Waals surface area (Å²) in [6, 6.07) is 43.8. The monoisotopic (exact) mass is 583 g/mol. The van der Waals surface area contributed by atoms with E-state index in [1.54, 1.807) is 0 Å². The lowest BCUT2D eigenvalue weighted by Crippen LogP contribution is -2.03. The fraction of sp³-hybridized carbons (Fsp3) is 0. The van der Waals surface area contributed by atoms with Crippen LogP contribution in [0.5, 0.6) is 0 Å². The molecule has 12 rings (SSSR count). The molecule has 0 spiro atoms. The molecule has 5 aromatic heterocycles. The quantitative estimate of drug-likeness (QED) is 0.193. The number of fused-ring (bicyclic) bond motifs is 14. The van der Waals surface area contributed by atoms with E-state index in [1.807, 2.05) is 6.20 Å². The van der Waals surface area contributed by atoms with Crippen LogP contribution in [0.25, 0.3) is 110 Å². The second kappa shape index (κ2) is 7.84. The minimum Gasteiger partial charge on any atom is -0.308 e. The average molecular weight is 584 g/mol. The van der Waals surface area contributed by atoms with Crippen LogP contribution < -0.4 is 0 Å². The van der Waals surface area contributed by atoms with E-state index in [2.05, 4.69) is 130 Å². The van der Waals surface area contributed by atoms with Crippen molar-refractivity contribution in [2.45, 2.75) is 0 Å². The molecule has 0 atom stereocenters. The summed E-state index contributed by atoms with van der Waals surface area (Å²) < 4.78 is 4.75. The summed E-state index contributed by atoms with van der Waals surface area (Å²) in [5.74, 6) is 0.641. The second-order valence-corrected chi connectivity index (χ2v) is 12.4. The topological polar surface area (TPSA) is 48.0 Å². The first-order valence-electron chi connectivity index (χ1n) is 15.6. The van der Waals surface area contributed by atoms with E-state index in [4.69, 9.17) is 15.0 Å². The van der Waals surface area contributed by atoms with E-state index in [0.717, 1.165) is 38.9 Å². The van der Waals surface area contributed by atoms with Gasteiger partial charge < -0.3 is 4.40 Å². The molecule has 5 heteroatoms. The Kier molecular flexibility index (Phi) is 3.94. The maximum atomic E-state index is 5.41. The van der Waals surface area contributed by atoms with Crippen LogP contribution in [0.2, 0.25) is 0 Å². The van der Waals surface area contributed by atoms with Gasteiger partial charge in [-0.05, 0) is 58.3 Å². The average Bonchev–Trinajstić information content (AvgIpc) is 3.82. The van der Waals surface area contributed by atoms with E-state index in [9.17, 15) is 0 Å². The predicted molar refractivity (Wildman–Crippen MR) is 188 cm³/mol. The van der Waals surface area contributed by atoms with Crippen molar-refractivity contribution in [1.29, 1.82) is 0 Å². The first kappa shape index (κ1) is 23.1. The van der Waals surface area contributed by atoms with Crippen LogP contribution in [-0.4, -0.2) is 23.9 Å². The molecule has 5 heterocycles. The highest BCUT2D eigenvalue weighted by Crippen LogP contribution is 2.48. The Morgan fingerprint density at radius 1 is 0.457 bits per heavy atom. The van der Waals surface area contributed by atoms with Crippen LogP contribution in [0.4, 0.5) is 0 Å². The van der Waals surface area contributed by atoms with Crippen molar-refractivity contribution in [2.75, 3.05) is 0 Å². The minimum atomic E-state index is 0.641. The molecule has 0 amide bonds. The molecule has 1 aliphatic rings. The molecule has 0 saturated carbocycles. The molecule has 0 radical (unpaired) electrons. The third-order valence-corrected chi connectivity index (χ3v) is 10.2. The molecule has 0 N–H and O–H groups in total. The van der Waals surface area contributed by atoms with Crippen LogP contribution in [0.15, 0.2) is 128 Å². The summed E-state index contributed by atoms with van der Waals surface area (Å²) in [6.45, 7) is 0. The highest BCUT2D eigenvalue weighted by molar-refractivity contribution is 6.34. The molecule has 6 aromatic carbocycles. The van der Waals surface area contributed by atoms with Crippen molar-refractivity contribution in [3.05, 3.63) is 128 Å². The number of benzene rings is 6. The molecule has 0 unspecified atom stereocenters. The highest BCUT2D eigenvalue weighted by atomic mass is 15.2. The Balaban J connectivity index is 1.36. The minimum absolute atomic E-state index is 0.641. The number of aromatic nitrogens is 5. The van der Waals surface area contributed by atoms with Crippen LogP contribution in [0, 0.1) is 0 Å². The molecule has 0 bridgehead atoms. The number of pyridine rings is 1. The maximum absolute atomic E-state index is 5.41. The summed E-state index contributed by atoms with van der Waals surface area (Å²) in [6.07, 6.45) is 1.87. The lowest BCUT2D eigenvalue weighted by atomic mass is 10.0. The lowest BCUT2D eigenvalue weighted by Gasteiger charge is -2.10. The molecule has 0 fully saturated rings. The normalized spacial score (nSPS) is 12.8. The van der Waals surface area contributed by atoms with Gasteiger partial charge in [0, 0.05) is 44.1 Å². The summed E-state index contributed by atoms with van der Waals surface area (Å²) in [5.41, 5.74) is 11.0. The molecule has 0 saturated heterocycles. The van der Waals surface area contributed by atoms with Gasteiger partial charge in [-0.1, -0.05) is 84.9 Å². The van der Waals surface area contributed by atoms with Gasteiger partial charge in [0.15, 0.2) is 5.65 Å². The number of nitrogens with zero attached hydrogens (tertiary/aromatic N) is 5. The van der Waals surface area contributed by atoms with E-state index >= 15 is 0 Å². The zero-order chi connectivity index (χ0) is 29.7. The standard InChI is InChI=1S/C41H21N5/c1-2-10-23-20-34-29(19-22(23)9-1)31-21-30-25-12-5-7-15-32(25)45-33-16-8-6-14-28(33)36(38(30)45)39(31)46(34)41-43-37-27-13-4-3-11-24(27)26-17-18-42-40(44-41)35(26)37/h1-21H. The van der Waals surface area contributed by atoms with Crippen molar-refractivity contribution in [3.63, 3.8) is 0 Å². The Morgan fingerprint density at radius 2 is 1.15 bits per heavy atom.